The molecule has 0 saturated heterocycles. The second-order valence-corrected chi connectivity index (χ2v) is 4.80. The fourth-order valence-corrected chi connectivity index (χ4v) is 2.08. The SMILES string of the molecule is NC(=S)c1ccncc1Nc1c(F)cccc1Br. The van der Waals surface area contributed by atoms with E-state index in [0.717, 1.165) is 0 Å². The molecule has 0 saturated carbocycles. The third-order valence-electron chi connectivity index (χ3n) is 2.31. The first-order valence-electron chi connectivity index (χ1n) is 5.04. The summed E-state index contributed by atoms with van der Waals surface area (Å²) < 4.78 is 14.3. The lowest BCUT2D eigenvalue weighted by molar-refractivity contribution is 0.631. The Morgan fingerprint density at radius 2 is 2.17 bits per heavy atom. The summed E-state index contributed by atoms with van der Waals surface area (Å²) in [4.78, 5) is 4.20. The molecule has 2 aromatic rings. The van der Waals surface area contributed by atoms with E-state index in [-0.39, 0.29) is 10.8 Å². The van der Waals surface area contributed by atoms with Gasteiger partial charge in [0.1, 0.15) is 10.8 Å². The molecule has 6 heteroatoms. The van der Waals surface area contributed by atoms with Crippen LogP contribution in [0.4, 0.5) is 15.8 Å². The van der Waals surface area contributed by atoms with E-state index in [1.807, 2.05) is 0 Å². The van der Waals surface area contributed by atoms with Gasteiger partial charge in [0.25, 0.3) is 0 Å². The molecule has 18 heavy (non-hydrogen) atoms. The summed E-state index contributed by atoms with van der Waals surface area (Å²) in [6.45, 7) is 0. The Balaban J connectivity index is 2.43. The number of hydrogen-bond donors (Lipinski definition) is 2. The summed E-state index contributed by atoms with van der Waals surface area (Å²) in [7, 11) is 0. The molecule has 1 heterocycles. The standard InChI is InChI=1S/C12H9BrFN3S/c13-8-2-1-3-9(14)11(8)17-10-6-16-5-4-7(10)12(15)18/h1-6,17H,(H2,15,18). The van der Waals surface area contributed by atoms with E-state index in [4.69, 9.17) is 18.0 Å². The van der Waals surface area contributed by atoms with Gasteiger partial charge in [-0.25, -0.2) is 4.39 Å². The zero-order valence-corrected chi connectivity index (χ0v) is 11.6. The van der Waals surface area contributed by atoms with Crippen LogP contribution in [0, 0.1) is 5.82 Å². The van der Waals surface area contributed by atoms with Crippen molar-refractivity contribution < 1.29 is 4.39 Å². The highest BCUT2D eigenvalue weighted by atomic mass is 79.9. The van der Waals surface area contributed by atoms with Crippen molar-refractivity contribution in [1.29, 1.82) is 0 Å². The maximum absolute atomic E-state index is 13.7. The van der Waals surface area contributed by atoms with E-state index < -0.39 is 0 Å². The highest BCUT2D eigenvalue weighted by molar-refractivity contribution is 9.10. The smallest absolute Gasteiger partial charge is 0.147 e. The molecule has 0 bridgehead atoms. The lowest BCUT2D eigenvalue weighted by atomic mass is 10.2. The fraction of sp³-hybridized carbons (Fsp3) is 0. The molecule has 2 rings (SSSR count). The molecule has 0 atom stereocenters. The molecule has 0 aliphatic carbocycles. The molecule has 0 spiro atoms. The van der Waals surface area contributed by atoms with Gasteiger partial charge < -0.3 is 11.1 Å². The van der Waals surface area contributed by atoms with Gasteiger partial charge in [-0.15, -0.1) is 0 Å². The van der Waals surface area contributed by atoms with Crippen molar-refractivity contribution in [3.63, 3.8) is 0 Å². The van der Waals surface area contributed by atoms with Crippen molar-refractivity contribution in [3.05, 3.63) is 52.5 Å². The number of nitrogens with zero attached hydrogens (tertiary/aromatic N) is 1. The molecule has 3 nitrogen and oxygen atoms in total. The number of halogens is 2. The maximum atomic E-state index is 13.7. The van der Waals surface area contributed by atoms with Crippen LogP contribution < -0.4 is 11.1 Å². The van der Waals surface area contributed by atoms with Crippen molar-refractivity contribution in [1.82, 2.24) is 4.98 Å². The number of benzene rings is 1. The van der Waals surface area contributed by atoms with Gasteiger partial charge >= 0.3 is 0 Å². The number of nitrogens with one attached hydrogen (secondary N) is 1. The lowest BCUT2D eigenvalue weighted by Crippen LogP contribution is -2.12. The molecule has 1 aromatic carbocycles. The van der Waals surface area contributed by atoms with Crippen molar-refractivity contribution in [2.24, 2.45) is 5.73 Å². The van der Waals surface area contributed by atoms with E-state index in [0.29, 0.717) is 21.4 Å². The third-order valence-corrected chi connectivity index (χ3v) is 3.19. The zero-order valence-electron chi connectivity index (χ0n) is 9.15. The largest absolute Gasteiger partial charge is 0.389 e. The second-order valence-electron chi connectivity index (χ2n) is 3.51. The molecule has 0 aliphatic heterocycles. The molecule has 1 aromatic heterocycles. The minimum atomic E-state index is -0.373. The third kappa shape index (κ3) is 2.65. The highest BCUT2D eigenvalue weighted by Crippen LogP contribution is 2.29. The average Bonchev–Trinajstić information content (AvgIpc) is 2.34. The van der Waals surface area contributed by atoms with Crippen molar-refractivity contribution >= 4 is 44.5 Å². The summed E-state index contributed by atoms with van der Waals surface area (Å²) >= 11 is 8.22. The fourth-order valence-electron chi connectivity index (χ4n) is 1.46. The van der Waals surface area contributed by atoms with Crippen molar-refractivity contribution in [2.75, 3.05) is 5.32 Å². The number of rotatable bonds is 3. The molecule has 0 aliphatic rings. The number of para-hydroxylation sites is 1. The van der Waals surface area contributed by atoms with Crippen molar-refractivity contribution in [3.8, 4) is 0 Å². The Bertz CT molecular complexity index is 583. The predicted molar refractivity (Wildman–Crippen MR) is 77.5 cm³/mol. The first kappa shape index (κ1) is 12.9. The second kappa shape index (κ2) is 5.41. The molecular formula is C12H9BrFN3S. The monoisotopic (exact) mass is 325 g/mol. The van der Waals surface area contributed by atoms with Crippen molar-refractivity contribution in [2.45, 2.75) is 0 Å². The Morgan fingerprint density at radius 3 is 2.83 bits per heavy atom. The summed E-state index contributed by atoms with van der Waals surface area (Å²) in [5.41, 5.74) is 7.11. The van der Waals surface area contributed by atoms with Crippen LogP contribution in [0.1, 0.15) is 5.56 Å². The normalized spacial score (nSPS) is 10.1. The molecule has 0 radical (unpaired) electrons. The van der Waals surface area contributed by atoms with Gasteiger partial charge in [-0.2, -0.15) is 0 Å². The van der Waals surface area contributed by atoms with Crippen LogP contribution >= 0.6 is 28.1 Å². The van der Waals surface area contributed by atoms with E-state index >= 15 is 0 Å². The topological polar surface area (TPSA) is 50.9 Å². The van der Waals surface area contributed by atoms with E-state index in [2.05, 4.69) is 26.2 Å². The molecule has 0 fully saturated rings. The molecule has 0 unspecified atom stereocenters. The van der Waals surface area contributed by atoms with Gasteiger partial charge in [0.2, 0.25) is 0 Å². The van der Waals surface area contributed by atoms with E-state index in [1.165, 1.54) is 6.07 Å². The zero-order chi connectivity index (χ0) is 13.1. The Kier molecular flexibility index (Phi) is 3.88. The van der Waals surface area contributed by atoms with Crippen LogP contribution in [0.15, 0.2) is 41.1 Å². The highest BCUT2D eigenvalue weighted by Gasteiger charge is 2.10. The molecule has 3 N–H and O–H groups in total. The van der Waals surface area contributed by atoms with E-state index in [1.54, 1.807) is 30.6 Å². The number of anilines is 2. The summed E-state index contributed by atoms with van der Waals surface area (Å²) in [5, 5.41) is 2.94. The Morgan fingerprint density at radius 1 is 1.39 bits per heavy atom. The van der Waals surface area contributed by atoms with Gasteiger partial charge in [-0.05, 0) is 34.1 Å². The van der Waals surface area contributed by atoms with Gasteiger partial charge in [-0.1, -0.05) is 18.3 Å². The summed E-state index contributed by atoms with van der Waals surface area (Å²) in [5.74, 6) is -0.373. The van der Waals surface area contributed by atoms with Gasteiger partial charge in [0.05, 0.1) is 17.6 Å². The van der Waals surface area contributed by atoms with Gasteiger partial charge in [-0.3, -0.25) is 4.98 Å². The predicted octanol–water partition coefficient (Wildman–Crippen LogP) is 3.36. The van der Waals surface area contributed by atoms with Gasteiger partial charge in [0, 0.05) is 16.2 Å². The minimum absolute atomic E-state index is 0.229. The lowest BCUT2D eigenvalue weighted by Gasteiger charge is -2.12. The van der Waals surface area contributed by atoms with Crippen LogP contribution in [0.5, 0.6) is 0 Å². The Labute approximate surface area is 117 Å². The number of pyridine rings is 1. The average molecular weight is 326 g/mol. The van der Waals surface area contributed by atoms with Crippen LogP contribution in [0.25, 0.3) is 0 Å². The number of aromatic nitrogens is 1. The first-order valence-corrected chi connectivity index (χ1v) is 6.24. The maximum Gasteiger partial charge on any atom is 0.147 e. The van der Waals surface area contributed by atoms with Crippen LogP contribution in [0.2, 0.25) is 0 Å². The van der Waals surface area contributed by atoms with Gasteiger partial charge in [0.15, 0.2) is 0 Å². The summed E-state index contributed by atoms with van der Waals surface area (Å²) in [6, 6.07) is 6.40. The van der Waals surface area contributed by atoms with Crippen LogP contribution in [-0.2, 0) is 0 Å². The first-order chi connectivity index (χ1) is 8.59. The van der Waals surface area contributed by atoms with E-state index in [9.17, 15) is 4.39 Å². The van der Waals surface area contributed by atoms with Crippen LogP contribution in [-0.4, -0.2) is 9.97 Å². The molecular weight excluding hydrogens is 317 g/mol. The number of thiocarbonyl (C=S) groups is 1. The quantitative estimate of drug-likeness (QED) is 0.849. The summed E-state index contributed by atoms with van der Waals surface area (Å²) in [6.07, 6.45) is 3.13. The Hall–Kier alpha value is -1.53. The number of nitrogens with two attached hydrogens (primary N) is 1. The molecule has 0 amide bonds. The molecule has 92 valence electrons. The minimum Gasteiger partial charge on any atom is -0.389 e. The number of hydrogen-bond acceptors (Lipinski definition) is 3. The van der Waals surface area contributed by atoms with Crippen LogP contribution in [0.3, 0.4) is 0 Å².